The van der Waals surface area contributed by atoms with Crippen LogP contribution in [0.2, 0.25) is 0 Å². The van der Waals surface area contributed by atoms with E-state index < -0.39 is 5.91 Å². The quantitative estimate of drug-likeness (QED) is 0.766. The standard InChI is InChI=1S/C18H19N3O4/c1-12-15(13(2)25-21-12)11-17(22)20-9-5-6-10-24-16-8-4-3-7-14(16)18(19)23/h3-4,7-8H,9-11H2,1-2H3,(H2,19,23)(H,20,22). The lowest BCUT2D eigenvalue weighted by Crippen LogP contribution is -2.25. The molecule has 25 heavy (non-hydrogen) atoms. The number of ether oxygens (including phenoxy) is 1. The number of aromatic nitrogens is 1. The Labute approximate surface area is 145 Å². The number of aryl methyl sites for hydroxylation is 2. The molecule has 0 aliphatic carbocycles. The molecule has 130 valence electrons. The van der Waals surface area contributed by atoms with Crippen LogP contribution in [0.4, 0.5) is 0 Å². The van der Waals surface area contributed by atoms with Gasteiger partial charge in [0.25, 0.3) is 5.91 Å². The van der Waals surface area contributed by atoms with Crippen LogP contribution in [0.1, 0.15) is 27.4 Å². The van der Waals surface area contributed by atoms with E-state index >= 15 is 0 Å². The summed E-state index contributed by atoms with van der Waals surface area (Å²) in [6.45, 7) is 3.84. The number of nitrogens with zero attached hydrogens (tertiary/aromatic N) is 1. The third-order valence-electron chi connectivity index (χ3n) is 3.47. The van der Waals surface area contributed by atoms with Gasteiger partial charge in [0.1, 0.15) is 18.1 Å². The first-order valence-corrected chi connectivity index (χ1v) is 7.65. The molecular formula is C18H19N3O4. The van der Waals surface area contributed by atoms with Crippen LogP contribution in [0.3, 0.4) is 0 Å². The SMILES string of the molecule is Cc1noc(C)c1CC(=O)NCC#CCOc1ccccc1C(N)=O. The van der Waals surface area contributed by atoms with Crippen molar-refractivity contribution < 1.29 is 18.8 Å². The maximum atomic E-state index is 11.9. The van der Waals surface area contributed by atoms with E-state index in [1.807, 2.05) is 0 Å². The molecule has 7 nitrogen and oxygen atoms in total. The highest BCUT2D eigenvalue weighted by molar-refractivity contribution is 5.95. The molecule has 0 bridgehead atoms. The second-order valence-electron chi connectivity index (χ2n) is 5.26. The van der Waals surface area contributed by atoms with Crippen LogP contribution >= 0.6 is 0 Å². The van der Waals surface area contributed by atoms with Gasteiger partial charge in [0.15, 0.2) is 0 Å². The molecule has 2 rings (SSSR count). The van der Waals surface area contributed by atoms with Gasteiger partial charge in [-0.25, -0.2) is 0 Å². The molecule has 2 aromatic rings. The molecule has 0 fully saturated rings. The number of benzene rings is 1. The Morgan fingerprint density at radius 2 is 2.04 bits per heavy atom. The number of hydrogen-bond acceptors (Lipinski definition) is 5. The van der Waals surface area contributed by atoms with Crippen molar-refractivity contribution in [3.8, 4) is 17.6 Å². The average Bonchev–Trinajstić information content (AvgIpc) is 2.90. The van der Waals surface area contributed by atoms with Crippen molar-refractivity contribution in [3.05, 3.63) is 46.8 Å². The predicted molar refractivity (Wildman–Crippen MR) is 90.9 cm³/mol. The van der Waals surface area contributed by atoms with Crippen molar-refractivity contribution >= 4 is 11.8 Å². The number of nitrogens with two attached hydrogens (primary N) is 1. The molecule has 3 N–H and O–H groups in total. The van der Waals surface area contributed by atoms with Crippen LogP contribution in [0.25, 0.3) is 0 Å². The number of carbonyl (C=O) groups is 2. The van der Waals surface area contributed by atoms with Crippen LogP contribution in [0.15, 0.2) is 28.8 Å². The first kappa shape index (κ1) is 18.1. The second-order valence-corrected chi connectivity index (χ2v) is 5.26. The average molecular weight is 341 g/mol. The minimum absolute atomic E-state index is 0.0873. The maximum Gasteiger partial charge on any atom is 0.252 e. The van der Waals surface area contributed by atoms with Gasteiger partial charge >= 0.3 is 0 Å². The van der Waals surface area contributed by atoms with Crippen LogP contribution in [0.5, 0.6) is 5.75 Å². The Kier molecular flexibility index (Phi) is 6.18. The molecule has 0 saturated heterocycles. The summed E-state index contributed by atoms with van der Waals surface area (Å²) in [7, 11) is 0. The summed E-state index contributed by atoms with van der Waals surface area (Å²) in [5, 5.41) is 6.50. The Bertz CT molecular complexity index is 811. The zero-order chi connectivity index (χ0) is 18.2. The molecule has 2 amide bonds. The lowest BCUT2D eigenvalue weighted by Gasteiger charge is -2.05. The molecule has 0 aliphatic heterocycles. The number of rotatable bonds is 6. The number of amides is 2. The fourth-order valence-electron chi connectivity index (χ4n) is 2.14. The number of carbonyl (C=O) groups excluding carboxylic acids is 2. The Hall–Kier alpha value is -3.27. The van der Waals surface area contributed by atoms with Gasteiger partial charge in [-0.1, -0.05) is 29.1 Å². The monoisotopic (exact) mass is 341 g/mol. The fourth-order valence-corrected chi connectivity index (χ4v) is 2.14. The molecule has 1 aromatic carbocycles. The zero-order valence-corrected chi connectivity index (χ0v) is 14.1. The summed E-state index contributed by atoms with van der Waals surface area (Å²) in [6, 6.07) is 6.67. The van der Waals surface area contributed by atoms with Crippen molar-refractivity contribution in [2.24, 2.45) is 5.73 Å². The Morgan fingerprint density at radius 1 is 1.28 bits per heavy atom. The van der Waals surface area contributed by atoms with E-state index in [9.17, 15) is 9.59 Å². The minimum Gasteiger partial charge on any atom is -0.480 e. The van der Waals surface area contributed by atoms with Gasteiger partial charge in [-0.15, -0.1) is 0 Å². The minimum atomic E-state index is -0.560. The lowest BCUT2D eigenvalue weighted by atomic mass is 10.1. The smallest absolute Gasteiger partial charge is 0.252 e. The van der Waals surface area contributed by atoms with Gasteiger partial charge in [-0.3, -0.25) is 9.59 Å². The van der Waals surface area contributed by atoms with E-state index in [-0.39, 0.29) is 25.5 Å². The Morgan fingerprint density at radius 3 is 2.72 bits per heavy atom. The first-order chi connectivity index (χ1) is 12.0. The predicted octanol–water partition coefficient (Wildman–Crippen LogP) is 1.13. The van der Waals surface area contributed by atoms with Crippen molar-refractivity contribution in [3.63, 3.8) is 0 Å². The fraction of sp³-hybridized carbons (Fsp3) is 0.278. The van der Waals surface area contributed by atoms with Gasteiger partial charge in [-0.05, 0) is 26.0 Å². The molecule has 1 heterocycles. The highest BCUT2D eigenvalue weighted by Gasteiger charge is 2.12. The van der Waals surface area contributed by atoms with Crippen molar-refractivity contribution in [1.82, 2.24) is 10.5 Å². The summed E-state index contributed by atoms with van der Waals surface area (Å²) in [4.78, 5) is 23.1. The third-order valence-corrected chi connectivity index (χ3v) is 3.47. The first-order valence-electron chi connectivity index (χ1n) is 7.65. The highest BCUT2D eigenvalue weighted by atomic mass is 16.5. The van der Waals surface area contributed by atoms with E-state index in [2.05, 4.69) is 22.3 Å². The number of hydrogen-bond donors (Lipinski definition) is 2. The van der Waals surface area contributed by atoms with Crippen LogP contribution in [-0.2, 0) is 11.2 Å². The molecule has 0 spiro atoms. The largest absolute Gasteiger partial charge is 0.480 e. The van der Waals surface area contributed by atoms with Crippen molar-refractivity contribution in [2.75, 3.05) is 13.2 Å². The number of nitrogens with one attached hydrogen (secondary N) is 1. The molecule has 0 radical (unpaired) electrons. The molecule has 0 atom stereocenters. The van der Waals surface area contributed by atoms with E-state index in [4.69, 9.17) is 15.0 Å². The van der Waals surface area contributed by atoms with Crippen LogP contribution < -0.4 is 15.8 Å². The molecule has 0 saturated carbocycles. The summed E-state index contributed by atoms with van der Waals surface area (Å²) in [5.41, 5.74) is 7.06. The number of primary amides is 1. The molecule has 1 aromatic heterocycles. The molecule has 0 unspecified atom stereocenters. The summed E-state index contributed by atoms with van der Waals surface area (Å²) in [6.07, 6.45) is 0.200. The van der Waals surface area contributed by atoms with Crippen LogP contribution in [-0.4, -0.2) is 30.1 Å². The van der Waals surface area contributed by atoms with E-state index in [0.717, 1.165) is 5.56 Å². The molecule has 0 aliphatic rings. The third kappa shape index (κ3) is 5.11. The normalized spacial score (nSPS) is 9.84. The van der Waals surface area contributed by atoms with E-state index in [1.165, 1.54) is 0 Å². The highest BCUT2D eigenvalue weighted by Crippen LogP contribution is 2.16. The topological polar surface area (TPSA) is 107 Å². The summed E-state index contributed by atoms with van der Waals surface area (Å²) >= 11 is 0. The van der Waals surface area contributed by atoms with Crippen LogP contribution in [0, 0.1) is 25.7 Å². The Balaban J connectivity index is 1.76. The van der Waals surface area contributed by atoms with Gasteiger partial charge in [0.2, 0.25) is 5.91 Å². The maximum absolute atomic E-state index is 11.9. The summed E-state index contributed by atoms with van der Waals surface area (Å²) in [5.74, 6) is 5.85. The second kappa shape index (κ2) is 8.55. The van der Waals surface area contributed by atoms with Crippen molar-refractivity contribution in [1.29, 1.82) is 0 Å². The van der Waals surface area contributed by atoms with E-state index in [1.54, 1.807) is 38.1 Å². The van der Waals surface area contributed by atoms with E-state index in [0.29, 0.717) is 22.8 Å². The van der Waals surface area contributed by atoms with Gasteiger partial charge in [-0.2, -0.15) is 0 Å². The lowest BCUT2D eigenvalue weighted by molar-refractivity contribution is -0.120. The van der Waals surface area contributed by atoms with Gasteiger partial charge in [0, 0.05) is 5.56 Å². The summed E-state index contributed by atoms with van der Waals surface area (Å²) < 4.78 is 10.4. The molecular weight excluding hydrogens is 322 g/mol. The number of para-hydroxylation sites is 1. The van der Waals surface area contributed by atoms with Crippen molar-refractivity contribution in [2.45, 2.75) is 20.3 Å². The van der Waals surface area contributed by atoms with Gasteiger partial charge in [0.05, 0.1) is 24.2 Å². The zero-order valence-electron chi connectivity index (χ0n) is 14.1. The van der Waals surface area contributed by atoms with Gasteiger partial charge < -0.3 is 20.3 Å². The molecule has 7 heteroatoms.